The molecule has 0 saturated heterocycles. The Labute approximate surface area is 143 Å². The Bertz CT molecular complexity index is 1000. The minimum atomic E-state index is -4.37. The summed E-state index contributed by atoms with van der Waals surface area (Å²) in [4.78, 5) is 12.9. The Hall–Kier alpha value is -2.30. The molecule has 0 aliphatic carbocycles. The maximum absolute atomic E-state index is 13.2. The number of benzene rings is 2. The van der Waals surface area contributed by atoms with Crippen LogP contribution in [-0.2, 0) is 13.0 Å². The second-order valence-electron chi connectivity index (χ2n) is 6.67. The van der Waals surface area contributed by atoms with Gasteiger partial charge in [0.05, 0.1) is 11.0 Å². The van der Waals surface area contributed by atoms with Crippen LogP contribution in [0.25, 0.3) is 21.8 Å². The van der Waals surface area contributed by atoms with E-state index >= 15 is 0 Å². The van der Waals surface area contributed by atoms with E-state index in [1.54, 1.807) is 36.4 Å². The smallest absolute Gasteiger partial charge is 0.331 e. The highest BCUT2D eigenvalue weighted by molar-refractivity contribution is 5.94. The molecule has 0 fully saturated rings. The summed E-state index contributed by atoms with van der Waals surface area (Å²) in [5.41, 5.74) is 2.29. The van der Waals surface area contributed by atoms with Gasteiger partial charge in [0.1, 0.15) is 6.54 Å². The normalized spacial score (nSPS) is 12.4. The van der Waals surface area contributed by atoms with Crippen molar-refractivity contribution in [1.29, 1.82) is 0 Å². The first-order valence-electron chi connectivity index (χ1n) is 8.37. The molecule has 0 radical (unpaired) electrons. The Morgan fingerprint density at radius 1 is 1.00 bits per heavy atom. The summed E-state index contributed by atoms with van der Waals surface area (Å²) >= 11 is 0. The van der Waals surface area contributed by atoms with Crippen molar-refractivity contribution in [1.82, 2.24) is 4.57 Å². The third-order valence-corrected chi connectivity index (χ3v) is 4.57. The number of aromatic nitrogens is 1. The standard InChI is InChI=1S/C20H20F3NO/c1-4-13-5-7-15-18(9-13)24(11-20(21,22)23)17-8-6-14(12(2)3)10-16(17)19(15)25/h5-10,12H,4,11H2,1-3H3. The van der Waals surface area contributed by atoms with Crippen molar-refractivity contribution in [3.05, 3.63) is 57.7 Å². The van der Waals surface area contributed by atoms with Crippen molar-refractivity contribution in [2.75, 3.05) is 0 Å². The predicted molar refractivity (Wildman–Crippen MR) is 95.2 cm³/mol. The summed E-state index contributed by atoms with van der Waals surface area (Å²) in [7, 11) is 0. The van der Waals surface area contributed by atoms with E-state index in [0.29, 0.717) is 28.2 Å². The van der Waals surface area contributed by atoms with Gasteiger partial charge >= 0.3 is 6.18 Å². The molecule has 3 aromatic rings. The van der Waals surface area contributed by atoms with Gasteiger partial charge in [-0.1, -0.05) is 32.9 Å². The number of rotatable bonds is 3. The molecule has 25 heavy (non-hydrogen) atoms. The number of hydrogen-bond donors (Lipinski definition) is 0. The second kappa shape index (κ2) is 6.21. The summed E-state index contributed by atoms with van der Waals surface area (Å²) in [5, 5.41) is 0.669. The van der Waals surface area contributed by atoms with Gasteiger partial charge in [-0.3, -0.25) is 4.79 Å². The lowest BCUT2D eigenvalue weighted by Gasteiger charge is -2.18. The Balaban J connectivity index is 2.46. The van der Waals surface area contributed by atoms with E-state index in [0.717, 1.165) is 11.1 Å². The van der Waals surface area contributed by atoms with E-state index in [4.69, 9.17) is 0 Å². The van der Waals surface area contributed by atoms with Crippen LogP contribution in [0.15, 0.2) is 41.2 Å². The summed E-state index contributed by atoms with van der Waals surface area (Å²) in [6, 6.07) is 10.3. The molecule has 0 amide bonds. The molecular weight excluding hydrogens is 327 g/mol. The van der Waals surface area contributed by atoms with Gasteiger partial charge in [-0.2, -0.15) is 13.2 Å². The van der Waals surface area contributed by atoms with Gasteiger partial charge < -0.3 is 4.57 Å². The van der Waals surface area contributed by atoms with Gasteiger partial charge in [0, 0.05) is 10.8 Å². The monoisotopic (exact) mass is 347 g/mol. The van der Waals surface area contributed by atoms with E-state index in [-0.39, 0.29) is 11.3 Å². The predicted octanol–water partition coefficient (Wildman–Crippen LogP) is 5.40. The highest BCUT2D eigenvalue weighted by Crippen LogP contribution is 2.27. The van der Waals surface area contributed by atoms with E-state index in [2.05, 4.69) is 0 Å². The molecule has 0 atom stereocenters. The molecule has 1 aromatic heterocycles. The molecule has 0 unspecified atom stereocenters. The van der Waals surface area contributed by atoms with Crippen LogP contribution in [0.3, 0.4) is 0 Å². The molecule has 0 aliphatic heterocycles. The molecule has 0 N–H and O–H groups in total. The van der Waals surface area contributed by atoms with Crippen molar-refractivity contribution in [3.8, 4) is 0 Å². The number of halogens is 3. The lowest BCUT2D eigenvalue weighted by atomic mass is 9.99. The molecule has 0 saturated carbocycles. The molecule has 5 heteroatoms. The van der Waals surface area contributed by atoms with Crippen molar-refractivity contribution in [3.63, 3.8) is 0 Å². The zero-order valence-corrected chi connectivity index (χ0v) is 14.4. The first kappa shape index (κ1) is 17.5. The highest BCUT2D eigenvalue weighted by atomic mass is 19.4. The maximum Gasteiger partial charge on any atom is 0.406 e. The van der Waals surface area contributed by atoms with Crippen LogP contribution >= 0.6 is 0 Å². The van der Waals surface area contributed by atoms with Crippen LogP contribution < -0.4 is 5.43 Å². The van der Waals surface area contributed by atoms with Crippen LogP contribution in [0.4, 0.5) is 13.2 Å². The van der Waals surface area contributed by atoms with E-state index in [1.807, 2.05) is 20.8 Å². The summed E-state index contributed by atoms with van der Waals surface area (Å²) in [6.07, 6.45) is -3.67. The molecular formula is C20H20F3NO. The first-order chi connectivity index (χ1) is 11.7. The van der Waals surface area contributed by atoms with Crippen LogP contribution in [0.2, 0.25) is 0 Å². The van der Waals surface area contributed by atoms with Gasteiger partial charge in [-0.05, 0) is 47.7 Å². The van der Waals surface area contributed by atoms with Crippen LogP contribution in [0, 0.1) is 0 Å². The molecule has 2 nitrogen and oxygen atoms in total. The lowest BCUT2D eigenvalue weighted by molar-refractivity contribution is -0.139. The fourth-order valence-corrected chi connectivity index (χ4v) is 3.17. The topological polar surface area (TPSA) is 22.0 Å². The van der Waals surface area contributed by atoms with E-state index in [9.17, 15) is 18.0 Å². The minimum Gasteiger partial charge on any atom is -0.331 e. The highest BCUT2D eigenvalue weighted by Gasteiger charge is 2.29. The summed E-state index contributed by atoms with van der Waals surface area (Å²) < 4.78 is 40.8. The van der Waals surface area contributed by atoms with Gasteiger partial charge in [0.25, 0.3) is 0 Å². The fraction of sp³-hybridized carbons (Fsp3) is 0.350. The van der Waals surface area contributed by atoms with Crippen molar-refractivity contribution < 1.29 is 13.2 Å². The lowest BCUT2D eigenvalue weighted by Crippen LogP contribution is -2.21. The van der Waals surface area contributed by atoms with Crippen LogP contribution in [-0.4, -0.2) is 10.7 Å². The first-order valence-corrected chi connectivity index (χ1v) is 8.37. The zero-order chi connectivity index (χ0) is 18.4. The maximum atomic E-state index is 13.2. The van der Waals surface area contributed by atoms with Crippen molar-refractivity contribution >= 4 is 21.8 Å². The summed E-state index contributed by atoms with van der Waals surface area (Å²) in [6.45, 7) is 4.80. The minimum absolute atomic E-state index is 0.193. The van der Waals surface area contributed by atoms with Gasteiger partial charge in [0.15, 0.2) is 5.43 Å². The molecule has 2 aromatic carbocycles. The number of fused-ring (bicyclic) bond motifs is 2. The van der Waals surface area contributed by atoms with E-state index in [1.165, 1.54) is 4.57 Å². The Morgan fingerprint density at radius 2 is 1.72 bits per heavy atom. The summed E-state index contributed by atoms with van der Waals surface area (Å²) in [5.74, 6) is 0.193. The Morgan fingerprint density at radius 3 is 2.32 bits per heavy atom. The number of pyridine rings is 1. The zero-order valence-electron chi connectivity index (χ0n) is 14.4. The third kappa shape index (κ3) is 3.28. The van der Waals surface area contributed by atoms with Crippen molar-refractivity contribution in [2.45, 2.75) is 45.8 Å². The van der Waals surface area contributed by atoms with E-state index < -0.39 is 12.7 Å². The number of hydrogen-bond acceptors (Lipinski definition) is 1. The fourth-order valence-electron chi connectivity index (χ4n) is 3.17. The molecule has 132 valence electrons. The quantitative estimate of drug-likeness (QED) is 0.581. The molecule has 0 aliphatic rings. The average molecular weight is 347 g/mol. The average Bonchev–Trinajstić information content (AvgIpc) is 2.56. The van der Waals surface area contributed by atoms with Gasteiger partial charge in [-0.15, -0.1) is 0 Å². The molecule has 3 rings (SSSR count). The van der Waals surface area contributed by atoms with Crippen LogP contribution in [0.1, 0.15) is 37.8 Å². The number of alkyl halides is 3. The SMILES string of the molecule is CCc1ccc2c(=O)c3cc(C(C)C)ccc3n(CC(F)(F)F)c2c1. The molecule has 0 bridgehead atoms. The number of nitrogens with zero attached hydrogens (tertiary/aromatic N) is 1. The molecule has 0 spiro atoms. The van der Waals surface area contributed by atoms with Crippen LogP contribution in [0.5, 0.6) is 0 Å². The number of aryl methyl sites for hydroxylation is 1. The molecule has 1 heterocycles. The van der Waals surface area contributed by atoms with Gasteiger partial charge in [0.2, 0.25) is 0 Å². The Kier molecular flexibility index (Phi) is 4.35. The third-order valence-electron chi connectivity index (χ3n) is 4.57. The van der Waals surface area contributed by atoms with Crippen molar-refractivity contribution in [2.24, 2.45) is 0 Å². The second-order valence-corrected chi connectivity index (χ2v) is 6.67. The van der Waals surface area contributed by atoms with Gasteiger partial charge in [-0.25, -0.2) is 0 Å². The largest absolute Gasteiger partial charge is 0.406 e.